The van der Waals surface area contributed by atoms with Crippen molar-refractivity contribution in [3.05, 3.63) is 17.2 Å². The highest BCUT2D eigenvalue weighted by molar-refractivity contribution is 5.75. The number of halogens is 2. The maximum Gasteiger partial charge on any atom is 0.266 e. The first-order valence-corrected chi connectivity index (χ1v) is 8.25. The van der Waals surface area contributed by atoms with Crippen molar-refractivity contribution in [1.29, 1.82) is 0 Å². The van der Waals surface area contributed by atoms with Gasteiger partial charge in [0.15, 0.2) is 11.6 Å². The number of nitrogen functional groups attached to an aromatic ring is 1. The van der Waals surface area contributed by atoms with E-state index < -0.39 is 5.92 Å². The smallest absolute Gasteiger partial charge is 0.266 e. The van der Waals surface area contributed by atoms with Crippen molar-refractivity contribution in [2.45, 2.75) is 44.6 Å². The minimum Gasteiger partial charge on any atom is -0.393 e. The fourth-order valence-corrected chi connectivity index (χ4v) is 2.87. The van der Waals surface area contributed by atoms with E-state index in [4.69, 9.17) is 5.73 Å². The van der Waals surface area contributed by atoms with Crippen LogP contribution in [0.2, 0.25) is 0 Å². The number of nitrogens with one attached hydrogen (secondary N) is 1. The van der Waals surface area contributed by atoms with Crippen LogP contribution >= 0.6 is 0 Å². The lowest BCUT2D eigenvalue weighted by atomic mass is 10.3. The second-order valence-corrected chi connectivity index (χ2v) is 6.62. The van der Waals surface area contributed by atoms with Crippen LogP contribution in [0.5, 0.6) is 0 Å². The summed E-state index contributed by atoms with van der Waals surface area (Å²) in [6.07, 6.45) is 1.82. The third-order valence-electron chi connectivity index (χ3n) is 4.52. The van der Waals surface area contributed by atoms with Gasteiger partial charge in [-0.2, -0.15) is 0 Å². The Labute approximate surface area is 142 Å². The molecule has 25 heavy (non-hydrogen) atoms. The molecule has 0 atom stereocenters. The molecule has 1 aliphatic carbocycles. The number of rotatable bonds is 5. The third-order valence-corrected chi connectivity index (χ3v) is 4.52. The summed E-state index contributed by atoms with van der Waals surface area (Å²) in [5.74, 6) is -0.972. The number of aryl methyl sites for hydroxylation is 1. The molecular weight excluding hydrogens is 332 g/mol. The lowest BCUT2D eigenvalue weighted by Gasteiger charge is -2.21. The number of aromatic nitrogens is 4. The molecule has 2 fully saturated rings. The van der Waals surface area contributed by atoms with E-state index in [2.05, 4.69) is 30.2 Å². The SMILES string of the molecule is Cc1nonc1CNc1nc(C2CC2)nc(N2CCC(F)(F)C2)c1N. The molecule has 2 aromatic heterocycles. The molecular formula is C15H19F2N7O. The zero-order valence-corrected chi connectivity index (χ0v) is 13.8. The molecule has 3 heterocycles. The molecule has 4 rings (SSSR count). The van der Waals surface area contributed by atoms with Crippen LogP contribution < -0.4 is 16.0 Å². The van der Waals surface area contributed by atoms with E-state index in [9.17, 15) is 8.78 Å². The summed E-state index contributed by atoms with van der Waals surface area (Å²) in [7, 11) is 0. The highest BCUT2D eigenvalue weighted by Gasteiger charge is 2.40. The van der Waals surface area contributed by atoms with Gasteiger partial charge >= 0.3 is 0 Å². The van der Waals surface area contributed by atoms with Crippen LogP contribution in [0.3, 0.4) is 0 Å². The minimum absolute atomic E-state index is 0.193. The van der Waals surface area contributed by atoms with Crippen LogP contribution in [0.1, 0.15) is 42.4 Å². The van der Waals surface area contributed by atoms with E-state index >= 15 is 0 Å². The Morgan fingerprint density at radius 3 is 2.72 bits per heavy atom. The molecule has 0 aromatic carbocycles. The van der Waals surface area contributed by atoms with Gasteiger partial charge < -0.3 is 16.0 Å². The zero-order chi connectivity index (χ0) is 17.6. The summed E-state index contributed by atoms with van der Waals surface area (Å²) < 4.78 is 31.9. The van der Waals surface area contributed by atoms with E-state index in [1.54, 1.807) is 6.92 Å². The van der Waals surface area contributed by atoms with Gasteiger partial charge in [0.05, 0.1) is 13.1 Å². The van der Waals surface area contributed by atoms with Crippen molar-refractivity contribution in [1.82, 2.24) is 20.3 Å². The van der Waals surface area contributed by atoms with Gasteiger partial charge in [-0.05, 0) is 19.8 Å². The van der Waals surface area contributed by atoms with Crippen molar-refractivity contribution in [3.8, 4) is 0 Å². The van der Waals surface area contributed by atoms with E-state index in [-0.39, 0.29) is 31.1 Å². The van der Waals surface area contributed by atoms with Crippen molar-refractivity contribution in [3.63, 3.8) is 0 Å². The molecule has 134 valence electrons. The molecule has 0 radical (unpaired) electrons. The lowest BCUT2D eigenvalue weighted by molar-refractivity contribution is 0.0257. The summed E-state index contributed by atoms with van der Waals surface area (Å²) in [4.78, 5) is 10.5. The summed E-state index contributed by atoms with van der Waals surface area (Å²) in [5.41, 5.74) is 7.77. The first kappa shape index (κ1) is 16.0. The van der Waals surface area contributed by atoms with Crippen LogP contribution in [0.25, 0.3) is 0 Å². The standard InChI is InChI=1S/C15H19F2N7O/c1-8-10(23-25-22-8)6-19-13-11(18)14(21-12(20-13)9-2-3-9)24-5-4-15(16,17)7-24/h9H,2-7,18H2,1H3,(H,19,20,21). The Bertz CT molecular complexity index is 790. The summed E-state index contributed by atoms with van der Waals surface area (Å²) in [6.45, 7) is 1.97. The molecule has 0 spiro atoms. The summed E-state index contributed by atoms with van der Waals surface area (Å²) in [5, 5.41) is 10.6. The lowest BCUT2D eigenvalue weighted by Crippen LogP contribution is -2.27. The molecule has 0 bridgehead atoms. The molecule has 2 aliphatic rings. The average molecular weight is 351 g/mol. The second-order valence-electron chi connectivity index (χ2n) is 6.62. The Balaban J connectivity index is 1.62. The first-order chi connectivity index (χ1) is 11.9. The Hall–Kier alpha value is -2.52. The number of nitrogens with zero attached hydrogens (tertiary/aromatic N) is 5. The van der Waals surface area contributed by atoms with E-state index in [0.29, 0.717) is 35.4 Å². The topological polar surface area (TPSA) is 106 Å². The number of alkyl halides is 2. The quantitative estimate of drug-likeness (QED) is 0.843. The predicted molar refractivity (Wildman–Crippen MR) is 86.6 cm³/mol. The van der Waals surface area contributed by atoms with Crippen LogP contribution in [-0.2, 0) is 6.54 Å². The summed E-state index contributed by atoms with van der Waals surface area (Å²) in [6, 6.07) is 0. The van der Waals surface area contributed by atoms with Gasteiger partial charge in [-0.1, -0.05) is 10.3 Å². The monoisotopic (exact) mass is 351 g/mol. The fraction of sp³-hybridized carbons (Fsp3) is 0.600. The van der Waals surface area contributed by atoms with Gasteiger partial charge in [-0.25, -0.2) is 23.4 Å². The Kier molecular flexibility index (Phi) is 3.69. The van der Waals surface area contributed by atoms with Gasteiger partial charge in [0.1, 0.15) is 22.9 Å². The molecule has 8 nitrogen and oxygen atoms in total. The van der Waals surface area contributed by atoms with E-state index in [1.165, 1.54) is 4.90 Å². The van der Waals surface area contributed by atoms with Crippen molar-refractivity contribution in [2.75, 3.05) is 29.0 Å². The summed E-state index contributed by atoms with van der Waals surface area (Å²) >= 11 is 0. The minimum atomic E-state index is -2.71. The van der Waals surface area contributed by atoms with Crippen molar-refractivity contribution >= 4 is 17.3 Å². The van der Waals surface area contributed by atoms with E-state index in [0.717, 1.165) is 12.8 Å². The van der Waals surface area contributed by atoms with Gasteiger partial charge in [-0.3, -0.25) is 0 Å². The zero-order valence-electron chi connectivity index (χ0n) is 13.8. The molecule has 3 N–H and O–H groups in total. The van der Waals surface area contributed by atoms with E-state index in [1.807, 2.05) is 0 Å². The molecule has 10 heteroatoms. The highest BCUT2D eigenvalue weighted by atomic mass is 19.3. The molecule has 1 saturated heterocycles. The molecule has 0 amide bonds. The molecule has 1 aliphatic heterocycles. The second kappa shape index (κ2) is 5.78. The van der Waals surface area contributed by atoms with Crippen LogP contribution in [0, 0.1) is 6.92 Å². The average Bonchev–Trinajstić information content (AvgIpc) is 3.24. The normalized spacial score (nSPS) is 19.4. The first-order valence-electron chi connectivity index (χ1n) is 8.25. The Morgan fingerprint density at radius 1 is 1.32 bits per heavy atom. The maximum absolute atomic E-state index is 13.6. The molecule has 2 aromatic rings. The van der Waals surface area contributed by atoms with Crippen molar-refractivity contribution < 1.29 is 13.4 Å². The maximum atomic E-state index is 13.6. The number of anilines is 3. The molecule has 0 unspecified atom stereocenters. The van der Waals surface area contributed by atoms with Gasteiger partial charge in [0.2, 0.25) is 0 Å². The third kappa shape index (κ3) is 3.20. The van der Waals surface area contributed by atoms with Crippen LogP contribution in [-0.4, -0.2) is 39.3 Å². The number of nitrogens with two attached hydrogens (primary N) is 1. The predicted octanol–water partition coefficient (Wildman–Crippen LogP) is 2.09. The highest BCUT2D eigenvalue weighted by Crippen LogP contribution is 2.42. The number of hydrogen-bond donors (Lipinski definition) is 2. The molecule has 1 saturated carbocycles. The van der Waals surface area contributed by atoms with Gasteiger partial charge in [-0.15, -0.1) is 0 Å². The van der Waals surface area contributed by atoms with Crippen molar-refractivity contribution in [2.24, 2.45) is 0 Å². The number of hydrogen-bond acceptors (Lipinski definition) is 8. The van der Waals surface area contributed by atoms with Crippen LogP contribution in [0.15, 0.2) is 4.63 Å². The Morgan fingerprint density at radius 2 is 2.12 bits per heavy atom. The fourth-order valence-electron chi connectivity index (χ4n) is 2.87. The van der Waals surface area contributed by atoms with Gasteiger partial charge in [0.25, 0.3) is 5.92 Å². The van der Waals surface area contributed by atoms with Gasteiger partial charge in [0, 0.05) is 18.9 Å². The largest absolute Gasteiger partial charge is 0.393 e. The van der Waals surface area contributed by atoms with Crippen LogP contribution in [0.4, 0.5) is 26.1 Å².